The molecule has 2 rings (SSSR count). The van der Waals surface area contributed by atoms with Gasteiger partial charge in [0.2, 0.25) is 5.91 Å². The number of amides is 1. The van der Waals surface area contributed by atoms with Crippen LogP contribution >= 0.6 is 0 Å². The van der Waals surface area contributed by atoms with E-state index in [1.165, 1.54) is 0 Å². The third kappa shape index (κ3) is 3.97. The van der Waals surface area contributed by atoms with Gasteiger partial charge in [-0.2, -0.15) is 0 Å². The van der Waals surface area contributed by atoms with E-state index in [1.54, 1.807) is 38.1 Å². The Hall–Kier alpha value is -1.56. The lowest BCUT2D eigenvalue weighted by Crippen LogP contribution is -2.41. The maximum absolute atomic E-state index is 11.7. The molecule has 1 aliphatic rings. The number of anilines is 1. The fourth-order valence-electron chi connectivity index (χ4n) is 2.50. The van der Waals surface area contributed by atoms with Gasteiger partial charge in [-0.25, -0.2) is 8.42 Å². The first-order valence-corrected chi connectivity index (χ1v) is 8.92. The number of carbonyl (C=O) groups is 1. The fraction of sp³-hybridized carbons (Fsp3) is 0.533. The summed E-state index contributed by atoms with van der Waals surface area (Å²) in [5.41, 5.74) is 0.923. The summed E-state index contributed by atoms with van der Waals surface area (Å²) in [6.07, 6.45) is 1.82. The van der Waals surface area contributed by atoms with Crippen molar-refractivity contribution in [2.75, 3.05) is 24.2 Å². The molecule has 0 atom stereocenters. The van der Waals surface area contributed by atoms with E-state index in [4.69, 9.17) is 0 Å². The van der Waals surface area contributed by atoms with E-state index in [1.807, 2.05) is 4.90 Å². The number of nitrogens with one attached hydrogen (secondary N) is 1. The Balaban J connectivity index is 1.94. The second-order valence-corrected chi connectivity index (χ2v) is 7.63. The van der Waals surface area contributed by atoms with Crippen molar-refractivity contribution < 1.29 is 13.2 Å². The molecule has 0 spiro atoms. The van der Waals surface area contributed by atoms with Crippen molar-refractivity contribution in [1.82, 2.24) is 4.90 Å². The number of rotatable bonds is 4. The summed E-state index contributed by atoms with van der Waals surface area (Å²) in [5, 5.41) is 3.40. The molecule has 0 bridgehead atoms. The Kier molecular flexibility index (Phi) is 4.88. The number of benzene rings is 1. The lowest BCUT2D eigenvalue weighted by atomic mass is 10.0. The van der Waals surface area contributed by atoms with Gasteiger partial charge in [0.05, 0.1) is 10.6 Å². The van der Waals surface area contributed by atoms with Gasteiger partial charge in [-0.15, -0.1) is 0 Å². The number of piperidine rings is 1. The van der Waals surface area contributed by atoms with Crippen molar-refractivity contribution in [3.8, 4) is 0 Å². The van der Waals surface area contributed by atoms with Crippen molar-refractivity contribution in [2.45, 2.75) is 37.6 Å². The summed E-state index contributed by atoms with van der Waals surface area (Å²) in [6, 6.07) is 7.23. The fourth-order valence-corrected chi connectivity index (χ4v) is 3.38. The molecule has 0 unspecified atom stereocenters. The zero-order valence-corrected chi connectivity index (χ0v) is 13.3. The van der Waals surface area contributed by atoms with Crippen LogP contribution in [0, 0.1) is 0 Å². The van der Waals surface area contributed by atoms with Crippen LogP contribution in [0.1, 0.15) is 26.7 Å². The average molecular weight is 310 g/mol. The van der Waals surface area contributed by atoms with Gasteiger partial charge < -0.3 is 10.2 Å². The van der Waals surface area contributed by atoms with Gasteiger partial charge in [0.25, 0.3) is 0 Å². The molecule has 1 aromatic carbocycles. The van der Waals surface area contributed by atoms with Crippen molar-refractivity contribution in [1.29, 1.82) is 0 Å². The lowest BCUT2D eigenvalue weighted by molar-refractivity contribution is -0.129. The first-order chi connectivity index (χ1) is 9.92. The molecule has 1 N–H and O–H groups in total. The van der Waals surface area contributed by atoms with Crippen molar-refractivity contribution in [3.05, 3.63) is 24.3 Å². The second kappa shape index (κ2) is 6.47. The predicted octanol–water partition coefficient (Wildman–Crippen LogP) is 1.90. The average Bonchev–Trinajstić information content (AvgIpc) is 2.48. The predicted molar refractivity (Wildman–Crippen MR) is 83.1 cm³/mol. The lowest BCUT2D eigenvalue weighted by Gasteiger charge is -2.32. The Morgan fingerprint density at radius 3 is 2.29 bits per heavy atom. The summed E-state index contributed by atoms with van der Waals surface area (Å²) in [6.45, 7) is 4.79. The van der Waals surface area contributed by atoms with Gasteiger partial charge in [-0.05, 0) is 37.1 Å². The smallest absolute Gasteiger partial charge is 0.219 e. The molecule has 1 aliphatic heterocycles. The molecule has 0 aromatic heterocycles. The SMILES string of the molecule is CCS(=O)(=O)c1ccc(NC2CCN(C(C)=O)CC2)cc1. The van der Waals surface area contributed by atoms with E-state index >= 15 is 0 Å². The number of sulfone groups is 1. The zero-order valence-electron chi connectivity index (χ0n) is 12.5. The highest BCUT2D eigenvalue weighted by Gasteiger charge is 2.20. The minimum atomic E-state index is -3.14. The summed E-state index contributed by atoms with van der Waals surface area (Å²) >= 11 is 0. The highest BCUT2D eigenvalue weighted by molar-refractivity contribution is 7.91. The molecule has 1 heterocycles. The molecular formula is C15H22N2O3S. The minimum Gasteiger partial charge on any atom is -0.382 e. The van der Waals surface area contributed by atoms with Crippen LogP contribution in [-0.2, 0) is 14.6 Å². The van der Waals surface area contributed by atoms with Gasteiger partial charge in [-0.1, -0.05) is 6.92 Å². The maximum Gasteiger partial charge on any atom is 0.219 e. The minimum absolute atomic E-state index is 0.114. The quantitative estimate of drug-likeness (QED) is 0.922. The Bertz CT molecular complexity index is 588. The molecule has 1 fully saturated rings. The molecule has 1 amide bonds. The van der Waals surface area contributed by atoms with Crippen LogP contribution in [0.15, 0.2) is 29.2 Å². The number of hydrogen-bond donors (Lipinski definition) is 1. The zero-order chi connectivity index (χ0) is 15.5. The van der Waals surface area contributed by atoms with Gasteiger partial charge in [0, 0.05) is 31.7 Å². The van der Waals surface area contributed by atoms with E-state index < -0.39 is 9.84 Å². The third-order valence-electron chi connectivity index (χ3n) is 3.90. The Labute approximate surface area is 126 Å². The van der Waals surface area contributed by atoms with Crippen molar-refractivity contribution in [3.63, 3.8) is 0 Å². The Morgan fingerprint density at radius 1 is 1.24 bits per heavy atom. The molecule has 6 heteroatoms. The third-order valence-corrected chi connectivity index (χ3v) is 5.66. The van der Waals surface area contributed by atoms with Gasteiger partial charge in [-0.3, -0.25) is 4.79 Å². The van der Waals surface area contributed by atoms with Crippen LogP contribution in [0.25, 0.3) is 0 Å². The van der Waals surface area contributed by atoms with E-state index in [2.05, 4.69) is 5.32 Å². The van der Waals surface area contributed by atoms with Crippen molar-refractivity contribution >= 4 is 21.4 Å². The summed E-state index contributed by atoms with van der Waals surface area (Å²) < 4.78 is 23.5. The summed E-state index contributed by atoms with van der Waals surface area (Å²) in [7, 11) is -3.14. The largest absolute Gasteiger partial charge is 0.382 e. The summed E-state index contributed by atoms with van der Waals surface area (Å²) in [4.78, 5) is 13.5. The highest BCUT2D eigenvalue weighted by atomic mass is 32.2. The van der Waals surface area contributed by atoms with Crippen LogP contribution in [0.3, 0.4) is 0 Å². The number of nitrogens with zero attached hydrogens (tertiary/aromatic N) is 1. The molecular weight excluding hydrogens is 288 g/mol. The van der Waals surface area contributed by atoms with Crippen molar-refractivity contribution in [2.24, 2.45) is 0 Å². The summed E-state index contributed by atoms with van der Waals surface area (Å²) in [5.74, 6) is 0.242. The van der Waals surface area contributed by atoms with Crippen LogP contribution in [0.4, 0.5) is 5.69 Å². The molecule has 116 valence electrons. The maximum atomic E-state index is 11.7. The molecule has 0 radical (unpaired) electrons. The number of carbonyl (C=O) groups excluding carboxylic acids is 1. The van der Waals surface area contributed by atoms with E-state index in [-0.39, 0.29) is 11.7 Å². The van der Waals surface area contributed by atoms with E-state index in [9.17, 15) is 13.2 Å². The molecule has 1 aromatic rings. The first kappa shape index (κ1) is 15.8. The van der Waals surface area contributed by atoms with Crippen LogP contribution in [0.2, 0.25) is 0 Å². The molecule has 0 aliphatic carbocycles. The van der Waals surface area contributed by atoms with Gasteiger partial charge >= 0.3 is 0 Å². The molecule has 0 saturated carbocycles. The number of likely N-dealkylation sites (tertiary alicyclic amines) is 1. The topological polar surface area (TPSA) is 66.5 Å². The van der Waals surface area contributed by atoms with E-state index in [0.717, 1.165) is 31.6 Å². The molecule has 1 saturated heterocycles. The standard InChI is InChI=1S/C15H22N2O3S/c1-3-21(19,20)15-6-4-13(5-7-15)16-14-8-10-17(11-9-14)12(2)18/h4-7,14,16H,3,8-11H2,1-2H3. The molecule has 5 nitrogen and oxygen atoms in total. The number of hydrogen-bond acceptors (Lipinski definition) is 4. The highest BCUT2D eigenvalue weighted by Crippen LogP contribution is 2.19. The Morgan fingerprint density at radius 2 is 1.81 bits per heavy atom. The first-order valence-electron chi connectivity index (χ1n) is 7.27. The molecule has 21 heavy (non-hydrogen) atoms. The van der Waals surface area contributed by atoms with E-state index in [0.29, 0.717) is 10.9 Å². The van der Waals surface area contributed by atoms with Crippen LogP contribution in [0.5, 0.6) is 0 Å². The van der Waals surface area contributed by atoms with Gasteiger partial charge in [0.15, 0.2) is 9.84 Å². The normalized spacial score (nSPS) is 16.8. The van der Waals surface area contributed by atoms with Crippen LogP contribution < -0.4 is 5.32 Å². The van der Waals surface area contributed by atoms with Gasteiger partial charge in [0.1, 0.15) is 0 Å². The van der Waals surface area contributed by atoms with Crippen LogP contribution in [-0.4, -0.2) is 44.1 Å². The second-order valence-electron chi connectivity index (χ2n) is 5.35. The monoisotopic (exact) mass is 310 g/mol.